The molecule has 3 fully saturated rings. The first kappa shape index (κ1) is 24.0. The van der Waals surface area contributed by atoms with Gasteiger partial charge in [0.15, 0.2) is 0 Å². The number of carbonyl (C=O) groups is 2. The van der Waals surface area contributed by atoms with Crippen molar-refractivity contribution in [3.8, 4) is 0 Å². The van der Waals surface area contributed by atoms with Gasteiger partial charge in [-0.15, -0.1) is 0 Å². The second-order valence-electron chi connectivity index (χ2n) is 9.30. The minimum atomic E-state index is -0.565. The van der Waals surface area contributed by atoms with Crippen molar-refractivity contribution in [2.75, 3.05) is 19.4 Å². The summed E-state index contributed by atoms with van der Waals surface area (Å²) in [5.41, 5.74) is 0.844. The molecule has 3 heterocycles. The Hall–Kier alpha value is -1.18. The van der Waals surface area contributed by atoms with Crippen LogP contribution in [0.25, 0.3) is 0 Å². The molecule has 3 unspecified atom stereocenters. The lowest BCUT2D eigenvalue weighted by Gasteiger charge is -2.36. The Morgan fingerprint density at radius 2 is 1.84 bits per heavy atom. The Balaban J connectivity index is 1.26. The molecule has 3 saturated heterocycles. The third kappa shape index (κ3) is 6.45. The van der Waals surface area contributed by atoms with Gasteiger partial charge in [0.1, 0.15) is 18.6 Å². The van der Waals surface area contributed by atoms with Gasteiger partial charge in [0.2, 0.25) is 0 Å². The number of hydrogen-bond acceptors (Lipinski definition) is 7. The molecule has 0 amide bonds. The summed E-state index contributed by atoms with van der Waals surface area (Å²) in [5, 5.41) is 0.739. The third-order valence-corrected chi connectivity index (χ3v) is 10.1. The number of esters is 2. The van der Waals surface area contributed by atoms with Gasteiger partial charge >= 0.3 is 11.9 Å². The van der Waals surface area contributed by atoms with Crippen molar-refractivity contribution < 1.29 is 19.1 Å². The summed E-state index contributed by atoms with van der Waals surface area (Å²) < 4.78 is 11.5. The van der Waals surface area contributed by atoms with E-state index >= 15 is 0 Å². The van der Waals surface area contributed by atoms with Gasteiger partial charge in [-0.25, -0.2) is 0 Å². The van der Waals surface area contributed by atoms with E-state index in [4.69, 9.17) is 9.47 Å². The van der Waals surface area contributed by atoms with E-state index in [2.05, 4.69) is 11.9 Å². The van der Waals surface area contributed by atoms with Crippen LogP contribution in [-0.4, -0.2) is 59.7 Å². The second-order valence-corrected chi connectivity index (χ2v) is 12.1. The molecule has 0 saturated carbocycles. The quantitative estimate of drug-likeness (QED) is 0.261. The van der Waals surface area contributed by atoms with Crippen molar-refractivity contribution in [1.29, 1.82) is 0 Å². The number of rotatable bonds is 10. The maximum absolute atomic E-state index is 13.1. The summed E-state index contributed by atoms with van der Waals surface area (Å²) in [4.78, 5) is 27.9. The molecule has 0 aliphatic carbocycles. The fourth-order valence-electron chi connectivity index (χ4n) is 5.14. The summed E-state index contributed by atoms with van der Waals surface area (Å²) in [7, 11) is 6.11. The largest absolute Gasteiger partial charge is 0.464 e. The molecule has 5 atom stereocenters. The molecule has 3 aliphatic rings. The van der Waals surface area contributed by atoms with Crippen molar-refractivity contribution in [2.45, 2.75) is 87.1 Å². The van der Waals surface area contributed by atoms with Gasteiger partial charge in [0, 0.05) is 29.5 Å². The SMILES string of the molecule is CN1C2CC[C@H]1CC(OC(=O)C(COC(=O)CCCC[C@@H]1CCSS1)c1ccccc1)C2. The zero-order valence-electron chi connectivity index (χ0n) is 18.9. The van der Waals surface area contributed by atoms with Crippen molar-refractivity contribution in [2.24, 2.45) is 0 Å². The molecule has 1 aromatic carbocycles. The smallest absolute Gasteiger partial charge is 0.317 e. The molecule has 4 rings (SSSR count). The van der Waals surface area contributed by atoms with Crippen molar-refractivity contribution in [3.63, 3.8) is 0 Å². The lowest BCUT2D eigenvalue weighted by Crippen LogP contribution is -2.44. The lowest BCUT2D eigenvalue weighted by atomic mass is 9.98. The first-order valence-electron chi connectivity index (χ1n) is 12.0. The number of fused-ring (bicyclic) bond motifs is 2. The zero-order chi connectivity index (χ0) is 22.3. The van der Waals surface area contributed by atoms with Crippen LogP contribution in [0.5, 0.6) is 0 Å². The average Bonchev–Trinajstić information content (AvgIpc) is 3.37. The van der Waals surface area contributed by atoms with E-state index in [0.29, 0.717) is 18.5 Å². The van der Waals surface area contributed by atoms with Crippen LogP contribution in [0.2, 0.25) is 0 Å². The summed E-state index contributed by atoms with van der Waals surface area (Å²) in [5.74, 6) is 0.190. The van der Waals surface area contributed by atoms with Crippen molar-refractivity contribution >= 4 is 33.5 Å². The van der Waals surface area contributed by atoms with Crippen LogP contribution in [0.1, 0.15) is 69.3 Å². The fourth-order valence-corrected chi connectivity index (χ4v) is 8.17. The Labute approximate surface area is 199 Å². The van der Waals surface area contributed by atoms with Gasteiger partial charge in [-0.2, -0.15) is 0 Å². The normalized spacial score (nSPS) is 28.4. The number of benzene rings is 1. The fraction of sp³-hybridized carbons (Fsp3) is 0.680. The monoisotopic (exact) mass is 477 g/mol. The van der Waals surface area contributed by atoms with E-state index in [0.717, 1.165) is 36.5 Å². The first-order valence-corrected chi connectivity index (χ1v) is 14.4. The Morgan fingerprint density at radius 1 is 1.09 bits per heavy atom. The Bertz CT molecular complexity index is 742. The number of carbonyl (C=O) groups excluding carboxylic acids is 2. The van der Waals surface area contributed by atoms with E-state index in [-0.39, 0.29) is 24.6 Å². The van der Waals surface area contributed by atoms with Gasteiger partial charge in [-0.05, 0) is 57.6 Å². The number of piperidine rings is 1. The van der Waals surface area contributed by atoms with E-state index in [1.165, 1.54) is 31.4 Å². The highest BCUT2D eigenvalue weighted by Gasteiger charge is 2.40. The summed E-state index contributed by atoms with van der Waals surface area (Å²) in [6.45, 7) is 0.0519. The molecule has 3 aliphatic heterocycles. The highest BCUT2D eigenvalue weighted by molar-refractivity contribution is 8.77. The maximum atomic E-state index is 13.1. The number of nitrogens with zero attached hydrogens (tertiary/aromatic N) is 1. The highest BCUT2D eigenvalue weighted by atomic mass is 33.1. The van der Waals surface area contributed by atoms with Gasteiger partial charge in [0.25, 0.3) is 0 Å². The van der Waals surface area contributed by atoms with Crippen LogP contribution < -0.4 is 0 Å². The topological polar surface area (TPSA) is 55.8 Å². The molecule has 0 N–H and O–H groups in total. The third-order valence-electron chi connectivity index (χ3n) is 7.12. The van der Waals surface area contributed by atoms with Crippen LogP contribution >= 0.6 is 21.6 Å². The van der Waals surface area contributed by atoms with Crippen molar-refractivity contribution in [1.82, 2.24) is 4.90 Å². The second kappa shape index (κ2) is 11.8. The van der Waals surface area contributed by atoms with Gasteiger partial charge in [0.05, 0.1) is 0 Å². The number of hydrogen-bond donors (Lipinski definition) is 0. The predicted molar refractivity (Wildman–Crippen MR) is 131 cm³/mol. The molecule has 2 bridgehead atoms. The Morgan fingerprint density at radius 3 is 2.53 bits per heavy atom. The lowest BCUT2D eigenvalue weighted by molar-refractivity contribution is -0.158. The summed E-state index contributed by atoms with van der Waals surface area (Å²) in [6.07, 6.45) is 8.90. The van der Waals surface area contributed by atoms with Gasteiger partial charge < -0.3 is 14.4 Å². The van der Waals surface area contributed by atoms with E-state index < -0.39 is 5.92 Å². The number of unbranched alkanes of at least 4 members (excludes halogenated alkanes) is 1. The molecule has 0 aromatic heterocycles. The molecule has 0 radical (unpaired) electrons. The molecule has 5 nitrogen and oxygen atoms in total. The molecular formula is C25H35NO4S2. The minimum absolute atomic E-state index is 0.0373. The average molecular weight is 478 g/mol. The molecule has 176 valence electrons. The van der Waals surface area contributed by atoms with Crippen LogP contribution in [-0.2, 0) is 19.1 Å². The van der Waals surface area contributed by atoms with Crippen LogP contribution in [0.4, 0.5) is 0 Å². The Kier molecular flexibility index (Phi) is 8.83. The zero-order valence-corrected chi connectivity index (χ0v) is 20.6. The highest BCUT2D eigenvalue weighted by Crippen LogP contribution is 2.40. The standard InChI is InChI=1S/C25H35NO4S2/c1-26-19-11-12-20(26)16-21(15-19)30-25(28)23(18-7-3-2-4-8-18)17-29-24(27)10-6-5-9-22-13-14-31-32-22/h2-4,7-8,19-23H,5-6,9-17H2,1H3/t19-,20?,21?,22+,23?/m0/s1. The molecular weight excluding hydrogens is 442 g/mol. The van der Waals surface area contributed by atoms with Crippen molar-refractivity contribution in [3.05, 3.63) is 35.9 Å². The van der Waals surface area contributed by atoms with Gasteiger partial charge in [-0.3, -0.25) is 9.59 Å². The predicted octanol–water partition coefficient (Wildman–Crippen LogP) is 5.20. The maximum Gasteiger partial charge on any atom is 0.317 e. The summed E-state index contributed by atoms with van der Waals surface area (Å²) >= 11 is 0. The van der Waals surface area contributed by atoms with E-state index in [1.54, 1.807) is 0 Å². The molecule has 0 spiro atoms. The van der Waals surface area contributed by atoms with Crippen LogP contribution in [0.3, 0.4) is 0 Å². The van der Waals surface area contributed by atoms with E-state index in [1.807, 2.05) is 51.9 Å². The minimum Gasteiger partial charge on any atom is -0.464 e. The number of ether oxygens (including phenoxy) is 2. The van der Waals surface area contributed by atoms with E-state index in [9.17, 15) is 9.59 Å². The molecule has 7 heteroatoms. The van der Waals surface area contributed by atoms with Crippen LogP contribution in [0.15, 0.2) is 30.3 Å². The molecule has 1 aromatic rings. The van der Waals surface area contributed by atoms with Gasteiger partial charge in [-0.1, -0.05) is 58.3 Å². The molecule has 32 heavy (non-hydrogen) atoms. The summed E-state index contributed by atoms with van der Waals surface area (Å²) in [6, 6.07) is 10.6. The first-order chi connectivity index (χ1) is 15.6. The van der Waals surface area contributed by atoms with Crippen LogP contribution in [0, 0.1) is 0 Å².